The van der Waals surface area contributed by atoms with Gasteiger partial charge in [-0.15, -0.1) is 0 Å². The highest BCUT2D eigenvalue weighted by atomic mass is 15.2. The Morgan fingerprint density at radius 3 is 2.53 bits per heavy atom. The van der Waals surface area contributed by atoms with Crippen LogP contribution in [0.25, 0.3) is 0 Å². The SMILES string of the molecule is CCCNCC1CCCCN1CCN1CCCCC1. The van der Waals surface area contributed by atoms with Gasteiger partial charge in [0.05, 0.1) is 0 Å². The van der Waals surface area contributed by atoms with Gasteiger partial charge in [0.2, 0.25) is 0 Å². The fraction of sp³-hybridized carbons (Fsp3) is 1.00. The molecule has 0 spiro atoms. The summed E-state index contributed by atoms with van der Waals surface area (Å²) in [7, 11) is 0. The van der Waals surface area contributed by atoms with Gasteiger partial charge in [0, 0.05) is 25.7 Å². The molecule has 2 aliphatic rings. The van der Waals surface area contributed by atoms with Gasteiger partial charge in [0.25, 0.3) is 0 Å². The lowest BCUT2D eigenvalue weighted by atomic mass is 10.0. The molecule has 2 aliphatic heterocycles. The van der Waals surface area contributed by atoms with Crippen molar-refractivity contribution in [3.8, 4) is 0 Å². The highest BCUT2D eigenvalue weighted by Crippen LogP contribution is 2.17. The lowest BCUT2D eigenvalue weighted by Crippen LogP contribution is -2.48. The van der Waals surface area contributed by atoms with E-state index in [0.717, 1.165) is 6.04 Å². The molecule has 3 heteroatoms. The summed E-state index contributed by atoms with van der Waals surface area (Å²) in [5.74, 6) is 0. The minimum atomic E-state index is 0.796. The number of nitrogens with one attached hydrogen (secondary N) is 1. The Labute approximate surface area is 119 Å². The first-order chi connectivity index (χ1) is 9.40. The van der Waals surface area contributed by atoms with Crippen LogP contribution >= 0.6 is 0 Å². The van der Waals surface area contributed by atoms with Crippen LogP contribution in [-0.2, 0) is 0 Å². The zero-order chi connectivity index (χ0) is 13.3. The predicted molar refractivity (Wildman–Crippen MR) is 82.7 cm³/mol. The molecule has 2 fully saturated rings. The minimum Gasteiger partial charge on any atom is -0.315 e. The summed E-state index contributed by atoms with van der Waals surface area (Å²) in [5, 5.41) is 3.62. The third kappa shape index (κ3) is 5.41. The van der Waals surface area contributed by atoms with Crippen molar-refractivity contribution in [3.05, 3.63) is 0 Å². The fourth-order valence-electron chi connectivity index (χ4n) is 3.48. The lowest BCUT2D eigenvalue weighted by molar-refractivity contribution is 0.117. The number of nitrogens with zero attached hydrogens (tertiary/aromatic N) is 2. The number of likely N-dealkylation sites (tertiary alicyclic amines) is 2. The average Bonchev–Trinajstić information content (AvgIpc) is 2.48. The second-order valence-electron chi connectivity index (χ2n) is 6.29. The van der Waals surface area contributed by atoms with Crippen LogP contribution in [0.3, 0.4) is 0 Å². The molecular weight excluding hydrogens is 234 g/mol. The van der Waals surface area contributed by atoms with Crippen LogP contribution in [-0.4, -0.2) is 61.7 Å². The first-order valence-corrected chi connectivity index (χ1v) is 8.57. The Kier molecular flexibility index (Phi) is 7.18. The van der Waals surface area contributed by atoms with E-state index in [9.17, 15) is 0 Å². The van der Waals surface area contributed by atoms with Crippen LogP contribution in [0.4, 0.5) is 0 Å². The molecule has 112 valence electrons. The van der Waals surface area contributed by atoms with E-state index in [1.807, 2.05) is 0 Å². The van der Waals surface area contributed by atoms with Crippen molar-refractivity contribution >= 4 is 0 Å². The molecular formula is C16H33N3. The zero-order valence-electron chi connectivity index (χ0n) is 12.9. The highest BCUT2D eigenvalue weighted by molar-refractivity contribution is 4.80. The van der Waals surface area contributed by atoms with E-state index in [4.69, 9.17) is 0 Å². The number of hydrogen-bond acceptors (Lipinski definition) is 3. The van der Waals surface area contributed by atoms with E-state index in [1.54, 1.807) is 0 Å². The Morgan fingerprint density at radius 1 is 0.947 bits per heavy atom. The van der Waals surface area contributed by atoms with Crippen molar-refractivity contribution < 1.29 is 0 Å². The standard InChI is InChI=1S/C16H33N3/c1-2-9-17-15-16-8-4-7-12-19(16)14-13-18-10-5-3-6-11-18/h16-17H,2-15H2,1H3. The van der Waals surface area contributed by atoms with Crippen LogP contribution in [0.1, 0.15) is 51.9 Å². The second kappa shape index (κ2) is 8.93. The molecule has 1 N–H and O–H groups in total. The van der Waals surface area contributed by atoms with E-state index >= 15 is 0 Å². The van der Waals surface area contributed by atoms with Crippen molar-refractivity contribution in [1.29, 1.82) is 0 Å². The average molecular weight is 267 g/mol. The van der Waals surface area contributed by atoms with E-state index in [2.05, 4.69) is 22.0 Å². The number of hydrogen-bond donors (Lipinski definition) is 1. The summed E-state index contributed by atoms with van der Waals surface area (Å²) in [4.78, 5) is 5.43. The van der Waals surface area contributed by atoms with Gasteiger partial charge in [0.1, 0.15) is 0 Å². The molecule has 1 atom stereocenters. The molecule has 0 aromatic rings. The maximum atomic E-state index is 3.62. The molecule has 3 nitrogen and oxygen atoms in total. The van der Waals surface area contributed by atoms with Gasteiger partial charge in [-0.25, -0.2) is 0 Å². The summed E-state index contributed by atoms with van der Waals surface area (Å²) >= 11 is 0. The van der Waals surface area contributed by atoms with Crippen molar-refractivity contribution in [2.75, 3.05) is 45.8 Å². The molecule has 2 saturated heterocycles. The zero-order valence-corrected chi connectivity index (χ0v) is 12.9. The van der Waals surface area contributed by atoms with Crippen molar-refractivity contribution in [2.24, 2.45) is 0 Å². The monoisotopic (exact) mass is 267 g/mol. The molecule has 0 radical (unpaired) electrons. The summed E-state index contributed by atoms with van der Waals surface area (Å²) < 4.78 is 0. The van der Waals surface area contributed by atoms with Gasteiger partial charge < -0.3 is 10.2 Å². The Morgan fingerprint density at radius 2 is 1.74 bits per heavy atom. The van der Waals surface area contributed by atoms with E-state index < -0.39 is 0 Å². The fourth-order valence-corrected chi connectivity index (χ4v) is 3.48. The topological polar surface area (TPSA) is 18.5 Å². The Bertz CT molecular complexity index is 226. The Hall–Kier alpha value is -0.120. The van der Waals surface area contributed by atoms with E-state index in [0.29, 0.717) is 0 Å². The van der Waals surface area contributed by atoms with Crippen LogP contribution in [0, 0.1) is 0 Å². The smallest absolute Gasteiger partial charge is 0.0221 e. The number of piperidine rings is 2. The molecule has 2 heterocycles. The van der Waals surface area contributed by atoms with Crippen molar-refractivity contribution in [3.63, 3.8) is 0 Å². The quantitative estimate of drug-likeness (QED) is 0.714. The maximum Gasteiger partial charge on any atom is 0.0221 e. The van der Waals surface area contributed by atoms with Gasteiger partial charge in [-0.3, -0.25) is 4.90 Å². The molecule has 2 rings (SSSR count). The maximum absolute atomic E-state index is 3.62. The van der Waals surface area contributed by atoms with Gasteiger partial charge in [-0.1, -0.05) is 19.8 Å². The van der Waals surface area contributed by atoms with Crippen LogP contribution in [0.2, 0.25) is 0 Å². The second-order valence-corrected chi connectivity index (χ2v) is 6.29. The molecule has 0 aromatic carbocycles. The molecule has 0 aromatic heterocycles. The van der Waals surface area contributed by atoms with Crippen LogP contribution in [0.15, 0.2) is 0 Å². The van der Waals surface area contributed by atoms with Crippen molar-refractivity contribution in [1.82, 2.24) is 15.1 Å². The normalized spacial score (nSPS) is 26.7. The molecule has 0 saturated carbocycles. The summed E-state index contributed by atoms with van der Waals surface area (Å²) in [6.07, 6.45) is 9.77. The van der Waals surface area contributed by atoms with Crippen LogP contribution < -0.4 is 5.32 Å². The predicted octanol–water partition coefficient (Wildman–Crippen LogP) is 2.33. The van der Waals surface area contributed by atoms with Gasteiger partial charge in [-0.05, 0) is 58.3 Å². The van der Waals surface area contributed by atoms with Crippen molar-refractivity contribution in [2.45, 2.75) is 57.9 Å². The molecule has 19 heavy (non-hydrogen) atoms. The van der Waals surface area contributed by atoms with Gasteiger partial charge in [0.15, 0.2) is 0 Å². The largest absolute Gasteiger partial charge is 0.315 e. The van der Waals surface area contributed by atoms with E-state index in [1.165, 1.54) is 90.8 Å². The van der Waals surface area contributed by atoms with E-state index in [-0.39, 0.29) is 0 Å². The summed E-state index contributed by atoms with van der Waals surface area (Å²) in [6, 6.07) is 0.796. The Balaban J connectivity index is 1.68. The third-order valence-electron chi connectivity index (χ3n) is 4.71. The molecule has 0 aliphatic carbocycles. The van der Waals surface area contributed by atoms with Gasteiger partial charge in [-0.2, -0.15) is 0 Å². The lowest BCUT2D eigenvalue weighted by Gasteiger charge is -2.38. The molecule has 0 amide bonds. The number of rotatable bonds is 7. The molecule has 0 bridgehead atoms. The highest BCUT2D eigenvalue weighted by Gasteiger charge is 2.22. The summed E-state index contributed by atoms with van der Waals surface area (Å²) in [5.41, 5.74) is 0. The minimum absolute atomic E-state index is 0.796. The first kappa shape index (κ1) is 15.3. The van der Waals surface area contributed by atoms with Gasteiger partial charge >= 0.3 is 0 Å². The summed E-state index contributed by atoms with van der Waals surface area (Å²) in [6.45, 7) is 11.2. The first-order valence-electron chi connectivity index (χ1n) is 8.57. The molecule has 1 unspecified atom stereocenters. The van der Waals surface area contributed by atoms with Crippen LogP contribution in [0.5, 0.6) is 0 Å². The third-order valence-corrected chi connectivity index (χ3v) is 4.71.